The summed E-state index contributed by atoms with van der Waals surface area (Å²) >= 11 is 0. The van der Waals surface area contributed by atoms with Crippen molar-refractivity contribution in [3.63, 3.8) is 0 Å². The molecule has 1 amide bonds. The lowest BCUT2D eigenvalue weighted by Gasteiger charge is -2.10. The van der Waals surface area contributed by atoms with E-state index >= 15 is 0 Å². The van der Waals surface area contributed by atoms with Crippen molar-refractivity contribution in [2.24, 2.45) is 0 Å². The standard InChI is InChI=1S/C13H24N4O/c1-6-14-9-12-10(2)15-17(11(12)3)8-7-13(18)16(4)5/h14H,6-9H2,1-5H3. The molecule has 0 aliphatic heterocycles. The molecule has 0 aliphatic rings. The van der Waals surface area contributed by atoms with Crippen LogP contribution in [0.15, 0.2) is 0 Å². The van der Waals surface area contributed by atoms with E-state index in [9.17, 15) is 4.79 Å². The molecule has 0 aromatic carbocycles. The highest BCUT2D eigenvalue weighted by atomic mass is 16.2. The van der Waals surface area contributed by atoms with Crippen molar-refractivity contribution in [2.75, 3.05) is 20.6 Å². The fraction of sp³-hybridized carbons (Fsp3) is 0.692. The van der Waals surface area contributed by atoms with Crippen LogP contribution in [0.4, 0.5) is 0 Å². The number of hydrogen-bond acceptors (Lipinski definition) is 3. The Labute approximate surface area is 109 Å². The molecule has 0 bridgehead atoms. The third-order valence-corrected chi connectivity index (χ3v) is 3.12. The van der Waals surface area contributed by atoms with Crippen molar-refractivity contribution in [2.45, 2.75) is 40.3 Å². The van der Waals surface area contributed by atoms with Gasteiger partial charge in [-0.15, -0.1) is 0 Å². The summed E-state index contributed by atoms with van der Waals surface area (Å²) in [5.41, 5.74) is 3.44. The van der Waals surface area contributed by atoms with E-state index in [1.165, 1.54) is 5.56 Å². The lowest BCUT2D eigenvalue weighted by molar-refractivity contribution is -0.128. The zero-order valence-electron chi connectivity index (χ0n) is 12.1. The van der Waals surface area contributed by atoms with Crippen LogP contribution in [0.25, 0.3) is 0 Å². The number of nitrogens with zero attached hydrogens (tertiary/aromatic N) is 3. The number of nitrogens with one attached hydrogen (secondary N) is 1. The van der Waals surface area contributed by atoms with Crippen LogP contribution in [0.2, 0.25) is 0 Å². The van der Waals surface area contributed by atoms with Gasteiger partial charge >= 0.3 is 0 Å². The maximum atomic E-state index is 11.6. The van der Waals surface area contributed by atoms with Crippen LogP contribution < -0.4 is 5.32 Å². The van der Waals surface area contributed by atoms with Crippen molar-refractivity contribution < 1.29 is 4.79 Å². The first kappa shape index (κ1) is 14.7. The molecule has 0 unspecified atom stereocenters. The largest absolute Gasteiger partial charge is 0.349 e. The fourth-order valence-corrected chi connectivity index (χ4v) is 1.88. The molecule has 1 aromatic rings. The molecule has 0 saturated heterocycles. The first-order valence-corrected chi connectivity index (χ1v) is 6.41. The van der Waals surface area contributed by atoms with Gasteiger partial charge in [-0.25, -0.2) is 0 Å². The van der Waals surface area contributed by atoms with E-state index in [0.29, 0.717) is 13.0 Å². The highest BCUT2D eigenvalue weighted by Gasteiger charge is 2.12. The van der Waals surface area contributed by atoms with Gasteiger partial charge in [0.15, 0.2) is 0 Å². The van der Waals surface area contributed by atoms with Gasteiger partial charge in [0.1, 0.15) is 0 Å². The molecule has 1 aromatic heterocycles. The smallest absolute Gasteiger partial charge is 0.223 e. The van der Waals surface area contributed by atoms with Crippen LogP contribution in [0.3, 0.4) is 0 Å². The molecule has 1 N–H and O–H groups in total. The van der Waals surface area contributed by atoms with Crippen LogP contribution in [0.1, 0.15) is 30.3 Å². The Morgan fingerprint density at radius 3 is 2.61 bits per heavy atom. The molecular weight excluding hydrogens is 228 g/mol. The fourth-order valence-electron chi connectivity index (χ4n) is 1.88. The van der Waals surface area contributed by atoms with Crippen LogP contribution >= 0.6 is 0 Å². The summed E-state index contributed by atoms with van der Waals surface area (Å²) in [6, 6.07) is 0. The quantitative estimate of drug-likeness (QED) is 0.824. The Balaban J connectivity index is 2.70. The molecule has 5 heteroatoms. The second-order valence-electron chi connectivity index (χ2n) is 4.69. The summed E-state index contributed by atoms with van der Waals surface area (Å²) in [6.45, 7) is 8.61. The van der Waals surface area contributed by atoms with Crippen LogP contribution in [0.5, 0.6) is 0 Å². The van der Waals surface area contributed by atoms with Crippen molar-refractivity contribution in [3.05, 3.63) is 17.0 Å². The van der Waals surface area contributed by atoms with Gasteiger partial charge in [-0.05, 0) is 20.4 Å². The Morgan fingerprint density at radius 1 is 1.39 bits per heavy atom. The predicted molar refractivity (Wildman–Crippen MR) is 72.4 cm³/mol. The second-order valence-corrected chi connectivity index (χ2v) is 4.69. The van der Waals surface area contributed by atoms with E-state index in [-0.39, 0.29) is 5.91 Å². The predicted octanol–water partition coefficient (Wildman–Crippen LogP) is 1.09. The van der Waals surface area contributed by atoms with Gasteiger partial charge < -0.3 is 10.2 Å². The summed E-state index contributed by atoms with van der Waals surface area (Å²) in [7, 11) is 3.56. The number of carbonyl (C=O) groups excluding carboxylic acids is 1. The number of hydrogen-bond donors (Lipinski definition) is 1. The maximum Gasteiger partial charge on any atom is 0.223 e. The molecule has 18 heavy (non-hydrogen) atoms. The molecule has 1 heterocycles. The first-order valence-electron chi connectivity index (χ1n) is 6.41. The Hall–Kier alpha value is -1.36. The molecule has 0 atom stereocenters. The molecule has 0 fully saturated rings. The van der Waals surface area contributed by atoms with Crippen LogP contribution in [-0.2, 0) is 17.9 Å². The summed E-state index contributed by atoms with van der Waals surface area (Å²) in [5.74, 6) is 0.135. The summed E-state index contributed by atoms with van der Waals surface area (Å²) in [5, 5.41) is 7.81. The van der Waals surface area contributed by atoms with Gasteiger partial charge in [0.25, 0.3) is 0 Å². The summed E-state index contributed by atoms with van der Waals surface area (Å²) in [6.07, 6.45) is 0.496. The number of carbonyl (C=O) groups is 1. The topological polar surface area (TPSA) is 50.2 Å². The Bertz CT molecular complexity index is 409. The molecule has 0 radical (unpaired) electrons. The number of aryl methyl sites for hydroxylation is 2. The third kappa shape index (κ3) is 3.57. The molecule has 0 saturated carbocycles. The molecule has 1 rings (SSSR count). The average molecular weight is 252 g/mol. The van der Waals surface area contributed by atoms with Crippen molar-refractivity contribution in [1.82, 2.24) is 20.0 Å². The highest BCUT2D eigenvalue weighted by molar-refractivity contribution is 5.75. The van der Waals surface area contributed by atoms with Gasteiger partial charge in [-0.1, -0.05) is 6.92 Å². The zero-order chi connectivity index (χ0) is 13.7. The molecule has 0 spiro atoms. The van der Waals surface area contributed by atoms with Crippen molar-refractivity contribution in [1.29, 1.82) is 0 Å². The number of rotatable bonds is 6. The molecular formula is C13H24N4O. The normalized spacial score (nSPS) is 10.7. The number of amides is 1. The lowest BCUT2D eigenvalue weighted by Crippen LogP contribution is -2.23. The van der Waals surface area contributed by atoms with Crippen molar-refractivity contribution in [3.8, 4) is 0 Å². The van der Waals surface area contributed by atoms with Gasteiger partial charge in [0, 0.05) is 44.9 Å². The van der Waals surface area contributed by atoms with E-state index in [1.54, 1.807) is 19.0 Å². The molecule has 102 valence electrons. The monoisotopic (exact) mass is 252 g/mol. The second kappa shape index (κ2) is 6.54. The third-order valence-electron chi connectivity index (χ3n) is 3.12. The lowest BCUT2D eigenvalue weighted by atomic mass is 10.2. The van der Waals surface area contributed by atoms with Crippen LogP contribution in [0, 0.1) is 13.8 Å². The van der Waals surface area contributed by atoms with E-state index in [2.05, 4.69) is 24.3 Å². The van der Waals surface area contributed by atoms with Gasteiger partial charge in [-0.3, -0.25) is 9.48 Å². The average Bonchev–Trinajstić information content (AvgIpc) is 2.59. The van der Waals surface area contributed by atoms with Crippen molar-refractivity contribution >= 4 is 5.91 Å². The summed E-state index contributed by atoms with van der Waals surface area (Å²) in [4.78, 5) is 13.2. The Kier molecular flexibility index (Phi) is 5.34. The number of aromatic nitrogens is 2. The van der Waals surface area contributed by atoms with Gasteiger partial charge in [0.2, 0.25) is 5.91 Å². The minimum Gasteiger partial charge on any atom is -0.349 e. The molecule has 0 aliphatic carbocycles. The highest BCUT2D eigenvalue weighted by Crippen LogP contribution is 2.13. The van der Waals surface area contributed by atoms with E-state index in [1.807, 2.05) is 11.6 Å². The van der Waals surface area contributed by atoms with E-state index in [4.69, 9.17) is 0 Å². The summed E-state index contributed by atoms with van der Waals surface area (Å²) < 4.78 is 1.93. The van der Waals surface area contributed by atoms with E-state index < -0.39 is 0 Å². The first-order chi connectivity index (χ1) is 8.47. The Morgan fingerprint density at radius 2 is 2.06 bits per heavy atom. The van der Waals surface area contributed by atoms with Gasteiger partial charge in [-0.2, -0.15) is 5.10 Å². The minimum absolute atomic E-state index is 0.135. The maximum absolute atomic E-state index is 11.6. The molecule has 5 nitrogen and oxygen atoms in total. The van der Waals surface area contributed by atoms with Crippen LogP contribution in [-0.4, -0.2) is 41.2 Å². The van der Waals surface area contributed by atoms with E-state index in [0.717, 1.165) is 24.5 Å². The minimum atomic E-state index is 0.135. The zero-order valence-corrected chi connectivity index (χ0v) is 12.1. The SMILES string of the molecule is CCNCc1c(C)nn(CCC(=O)N(C)C)c1C. The van der Waals surface area contributed by atoms with Gasteiger partial charge in [0.05, 0.1) is 5.69 Å².